The van der Waals surface area contributed by atoms with Crippen molar-refractivity contribution < 1.29 is 47.7 Å². The molecule has 1 saturated heterocycles. The van der Waals surface area contributed by atoms with Crippen LogP contribution in [0.5, 0.6) is 11.5 Å². The number of hydrogen-bond donors (Lipinski definition) is 4. The SMILES string of the molecule is CCCCCCCCCCCCCCCCCCOC[C@H](COP(=O)(O)OC1[C@H]2O[C@@](C)(c3ccc4c(N)ncnn34)[C@H](O)[C@@]12O)Oc1ccc(C#N)c(OC)c1. The molecule has 316 valence electrons. The Kier molecular flexibility index (Phi) is 16.6. The van der Waals surface area contributed by atoms with E-state index in [4.69, 9.17) is 33.7 Å². The fourth-order valence-corrected chi connectivity index (χ4v) is 8.68. The number of nitrogens with two attached hydrogens (primary N) is 1. The molecule has 7 atom stereocenters. The number of benzene rings is 1. The standard InChI is InChI=1S/C41H62N5O10P/c1-4-5-6-7-8-9-10-11-12-13-14-15-16-17-18-19-24-52-27-32(54-31-21-20-30(26-42)34(25-31)51-3)28-53-57(49,50)56-37-36-41(37,48)39(47)40(2,55-36)35-23-22-33-38(43)44-29-45-46(33)35/h20-23,25,29,32,36-37,39,47-48H,4-19,24,27-28H2,1-3H3,(H,49,50)(H2,43,44,45)/t32-,36-,37?,39+,40+,41+/m1/s1. The molecule has 15 nitrogen and oxygen atoms in total. The number of unbranched alkanes of at least 4 members (excludes halogenated alkanes) is 15. The van der Waals surface area contributed by atoms with Crippen LogP contribution in [-0.4, -0.2) is 86.7 Å². The van der Waals surface area contributed by atoms with Gasteiger partial charge in [-0.25, -0.2) is 14.1 Å². The van der Waals surface area contributed by atoms with Crippen molar-refractivity contribution in [2.24, 2.45) is 0 Å². The van der Waals surface area contributed by atoms with Crippen LogP contribution in [-0.2, 0) is 28.7 Å². The van der Waals surface area contributed by atoms with Crippen molar-refractivity contribution in [3.63, 3.8) is 0 Å². The summed E-state index contributed by atoms with van der Waals surface area (Å²) in [6.45, 7) is 3.94. The molecule has 2 unspecified atom stereocenters. The van der Waals surface area contributed by atoms with Gasteiger partial charge in [-0.05, 0) is 37.6 Å². The molecule has 57 heavy (non-hydrogen) atoms. The number of nitrogens with zero attached hydrogens (tertiary/aromatic N) is 4. The lowest BCUT2D eigenvalue weighted by atomic mass is 9.91. The topological polar surface area (TPSA) is 213 Å². The number of aliphatic hydroxyl groups excluding tert-OH is 1. The number of phosphoric acid groups is 1. The van der Waals surface area contributed by atoms with Gasteiger partial charge in [0.15, 0.2) is 11.4 Å². The summed E-state index contributed by atoms with van der Waals surface area (Å²) in [7, 11) is -3.38. The van der Waals surface area contributed by atoms with E-state index in [2.05, 4.69) is 23.1 Å². The van der Waals surface area contributed by atoms with Crippen LogP contribution < -0.4 is 15.2 Å². The minimum Gasteiger partial charge on any atom is -0.495 e. The van der Waals surface area contributed by atoms with Crippen LogP contribution in [0.2, 0.25) is 0 Å². The summed E-state index contributed by atoms with van der Waals surface area (Å²) in [5.41, 5.74) is 3.73. The van der Waals surface area contributed by atoms with Crippen LogP contribution in [0, 0.1) is 11.3 Å². The van der Waals surface area contributed by atoms with Gasteiger partial charge < -0.3 is 39.8 Å². The number of rotatable bonds is 28. The third-order valence-electron chi connectivity index (χ3n) is 11.1. The highest BCUT2D eigenvalue weighted by atomic mass is 31.2. The van der Waals surface area contributed by atoms with Crippen LogP contribution in [0.25, 0.3) is 5.52 Å². The second-order valence-corrected chi connectivity index (χ2v) is 16.9. The van der Waals surface area contributed by atoms with Crippen LogP contribution in [0.1, 0.15) is 128 Å². The van der Waals surface area contributed by atoms with Crippen LogP contribution in [0.4, 0.5) is 5.82 Å². The average molecular weight is 816 g/mol. The molecule has 5 rings (SSSR count). The zero-order chi connectivity index (χ0) is 40.9. The molecule has 2 aliphatic rings. The number of hydrogen-bond acceptors (Lipinski definition) is 13. The Hall–Kier alpha value is -3.32. The van der Waals surface area contributed by atoms with E-state index in [9.17, 15) is 24.9 Å². The quantitative estimate of drug-likeness (QED) is 0.0424. The summed E-state index contributed by atoms with van der Waals surface area (Å²) < 4.78 is 48.7. The van der Waals surface area contributed by atoms with Crippen molar-refractivity contribution in [2.45, 2.75) is 152 Å². The molecule has 3 aromatic rings. The number of aromatic nitrogens is 3. The fraction of sp³-hybridized carbons (Fsp3) is 0.683. The molecule has 1 saturated carbocycles. The zero-order valence-electron chi connectivity index (χ0n) is 33.7. The van der Waals surface area contributed by atoms with E-state index in [1.807, 2.05) is 0 Å². The normalized spacial score (nSPS) is 24.2. The number of nitrogen functional groups attached to an aromatic ring is 1. The average Bonchev–Trinajstić information content (AvgIpc) is 3.44. The molecule has 0 radical (unpaired) electrons. The number of nitriles is 1. The Morgan fingerprint density at radius 2 is 1.61 bits per heavy atom. The van der Waals surface area contributed by atoms with Crippen LogP contribution in [0.3, 0.4) is 0 Å². The molecule has 1 aromatic carbocycles. The second-order valence-electron chi connectivity index (χ2n) is 15.5. The Morgan fingerprint density at radius 1 is 0.982 bits per heavy atom. The maximum Gasteiger partial charge on any atom is 0.472 e. The summed E-state index contributed by atoms with van der Waals surface area (Å²) >= 11 is 0. The second kappa shape index (κ2) is 21.1. The first kappa shape index (κ1) is 44.8. The van der Waals surface area contributed by atoms with Gasteiger partial charge >= 0.3 is 7.82 Å². The minimum absolute atomic E-state index is 0.0383. The smallest absolute Gasteiger partial charge is 0.472 e. The summed E-state index contributed by atoms with van der Waals surface area (Å²) in [4.78, 5) is 14.7. The number of methoxy groups -OCH3 is 1. The van der Waals surface area contributed by atoms with Crippen molar-refractivity contribution in [3.05, 3.63) is 47.9 Å². The van der Waals surface area contributed by atoms with E-state index in [-0.39, 0.29) is 12.4 Å². The van der Waals surface area contributed by atoms with Crippen LogP contribution >= 0.6 is 7.82 Å². The first-order valence-electron chi connectivity index (χ1n) is 20.6. The lowest BCUT2D eigenvalue weighted by Crippen LogP contribution is -2.46. The highest BCUT2D eigenvalue weighted by molar-refractivity contribution is 7.47. The molecule has 0 spiro atoms. The minimum atomic E-state index is -4.82. The third-order valence-corrected chi connectivity index (χ3v) is 12.1. The first-order chi connectivity index (χ1) is 27.5. The van der Waals surface area contributed by atoms with Crippen LogP contribution in [0.15, 0.2) is 36.7 Å². The largest absolute Gasteiger partial charge is 0.495 e. The predicted octanol–water partition coefficient (Wildman–Crippen LogP) is 7.14. The molecule has 3 heterocycles. The Bertz CT molecular complexity index is 1810. The van der Waals surface area contributed by atoms with Gasteiger partial charge in [-0.1, -0.05) is 103 Å². The number of aliphatic hydroxyl groups is 2. The molecular formula is C41H62N5O10P. The fourth-order valence-electron chi connectivity index (χ4n) is 7.70. The molecule has 5 N–H and O–H groups in total. The van der Waals surface area contributed by atoms with E-state index < -0.39 is 50.0 Å². The van der Waals surface area contributed by atoms with Crippen molar-refractivity contribution in [2.75, 3.05) is 32.7 Å². The zero-order valence-corrected chi connectivity index (χ0v) is 34.6. The van der Waals surface area contributed by atoms with Gasteiger partial charge in [0, 0.05) is 12.7 Å². The van der Waals surface area contributed by atoms with Gasteiger partial charge in [-0.2, -0.15) is 10.4 Å². The number of ether oxygens (including phenoxy) is 4. The molecule has 0 amide bonds. The maximum absolute atomic E-state index is 13.2. The summed E-state index contributed by atoms with van der Waals surface area (Å²) in [5.74, 6) is 0.871. The van der Waals surface area contributed by atoms with Gasteiger partial charge in [0.25, 0.3) is 0 Å². The van der Waals surface area contributed by atoms with Crippen molar-refractivity contribution in [3.8, 4) is 17.6 Å². The summed E-state index contributed by atoms with van der Waals surface area (Å²) in [5, 5.41) is 36.3. The molecular weight excluding hydrogens is 753 g/mol. The van der Waals surface area contributed by atoms with Crippen molar-refractivity contribution >= 4 is 19.2 Å². The lowest BCUT2D eigenvalue weighted by molar-refractivity contribution is -0.126. The Morgan fingerprint density at radius 3 is 2.19 bits per heavy atom. The summed E-state index contributed by atoms with van der Waals surface area (Å²) in [6.07, 6.45) is 16.7. The molecule has 2 fully saturated rings. The Balaban J connectivity index is 1.04. The van der Waals surface area contributed by atoms with E-state index in [1.54, 1.807) is 37.3 Å². The molecule has 2 aromatic heterocycles. The van der Waals surface area contributed by atoms with Crippen molar-refractivity contribution in [1.29, 1.82) is 5.26 Å². The van der Waals surface area contributed by atoms with Gasteiger partial charge in [0.2, 0.25) is 0 Å². The molecule has 0 bridgehead atoms. The van der Waals surface area contributed by atoms with Gasteiger partial charge in [0.05, 0.1) is 31.6 Å². The molecule has 16 heteroatoms. The van der Waals surface area contributed by atoms with E-state index in [0.29, 0.717) is 34.9 Å². The number of phosphoric ester groups is 1. The highest BCUT2D eigenvalue weighted by Gasteiger charge is 2.82. The van der Waals surface area contributed by atoms with Gasteiger partial charge in [-0.15, -0.1) is 0 Å². The summed E-state index contributed by atoms with van der Waals surface area (Å²) in [6, 6.07) is 10.1. The van der Waals surface area contributed by atoms with Crippen molar-refractivity contribution in [1.82, 2.24) is 14.6 Å². The highest BCUT2D eigenvalue weighted by Crippen LogP contribution is 2.63. The monoisotopic (exact) mass is 815 g/mol. The van der Waals surface area contributed by atoms with E-state index in [1.165, 1.54) is 101 Å². The third kappa shape index (κ3) is 11.5. The molecule has 1 aliphatic carbocycles. The Labute approximate surface area is 336 Å². The van der Waals surface area contributed by atoms with E-state index >= 15 is 0 Å². The van der Waals surface area contributed by atoms with E-state index in [0.717, 1.165) is 19.3 Å². The number of anilines is 1. The number of fused-ring (bicyclic) bond motifs is 2. The van der Waals surface area contributed by atoms with Gasteiger partial charge in [-0.3, -0.25) is 9.05 Å². The maximum atomic E-state index is 13.2. The predicted molar refractivity (Wildman–Crippen MR) is 214 cm³/mol. The molecule has 1 aliphatic heterocycles. The first-order valence-corrected chi connectivity index (χ1v) is 22.1. The van der Waals surface area contributed by atoms with Gasteiger partial charge in [0.1, 0.15) is 59.4 Å². The lowest BCUT2D eigenvalue weighted by Gasteiger charge is -2.32.